The third kappa shape index (κ3) is 13.1. The number of methoxy groups -OCH3 is 1. The largest absolute Gasteiger partial charge is 0.478 e. The summed E-state index contributed by atoms with van der Waals surface area (Å²) in [4.78, 5) is 81.6. The van der Waals surface area contributed by atoms with Gasteiger partial charge >= 0.3 is 24.1 Å². The van der Waals surface area contributed by atoms with Crippen LogP contribution in [0.2, 0.25) is 0 Å². The first-order valence-corrected chi connectivity index (χ1v) is 26.1. The van der Waals surface area contributed by atoms with E-state index in [2.05, 4.69) is 56.6 Å². The van der Waals surface area contributed by atoms with Crippen molar-refractivity contribution in [3.63, 3.8) is 0 Å². The molecule has 0 radical (unpaired) electrons. The summed E-state index contributed by atoms with van der Waals surface area (Å²) in [6, 6.07) is 20.3. The van der Waals surface area contributed by atoms with E-state index in [1.165, 1.54) is 69.0 Å². The van der Waals surface area contributed by atoms with E-state index in [9.17, 15) is 33.9 Å². The van der Waals surface area contributed by atoms with Gasteiger partial charge in [0.05, 0.1) is 77.1 Å². The second kappa shape index (κ2) is 22.8. The molecule has 0 saturated carbocycles. The Kier molecular flexibility index (Phi) is 15.7. The van der Waals surface area contributed by atoms with Gasteiger partial charge in [0.25, 0.3) is 11.8 Å². The van der Waals surface area contributed by atoms with Crippen LogP contribution in [-0.4, -0.2) is 115 Å². The first kappa shape index (κ1) is 55.7. The predicted octanol–water partition coefficient (Wildman–Crippen LogP) is 9.75. The van der Waals surface area contributed by atoms with E-state index in [4.69, 9.17) is 14.2 Å². The molecule has 0 bridgehead atoms. The van der Waals surface area contributed by atoms with Crippen LogP contribution in [0.5, 0.6) is 0 Å². The van der Waals surface area contributed by atoms with Crippen LogP contribution in [0, 0.1) is 0 Å². The number of carboxylic acids is 1. The van der Waals surface area contributed by atoms with E-state index < -0.39 is 47.1 Å². The fourth-order valence-corrected chi connectivity index (χ4v) is 9.44. The number of carboxylic acid groups (broad SMARTS) is 1. The lowest BCUT2D eigenvalue weighted by atomic mass is 10.1. The van der Waals surface area contributed by atoms with Gasteiger partial charge in [-0.3, -0.25) is 23.9 Å². The third-order valence-corrected chi connectivity index (χ3v) is 13.3. The zero-order valence-corrected chi connectivity index (χ0v) is 46.5. The van der Waals surface area contributed by atoms with E-state index in [1.807, 2.05) is 24.4 Å². The van der Waals surface area contributed by atoms with Crippen molar-refractivity contribution >= 4 is 109 Å². The second-order valence-corrected chi connectivity index (χ2v) is 21.9. The normalized spacial score (nSPS) is 11.8. The molecule has 0 unspecified atom stereocenters. The molecule has 4 N–H and O–H groups in total. The average Bonchev–Trinajstić information content (AvgIpc) is 4.51. The molecule has 3 amide bonds. The minimum atomic E-state index is -1.15. The van der Waals surface area contributed by atoms with Gasteiger partial charge in [-0.2, -0.15) is 20.0 Å². The molecule has 0 atom stereocenters. The van der Waals surface area contributed by atoms with Crippen molar-refractivity contribution in [3.05, 3.63) is 137 Å². The minimum absolute atomic E-state index is 0.0290. The number of hydrogen-bond acceptors (Lipinski definition) is 20. The lowest BCUT2D eigenvalue weighted by molar-refractivity contribution is 0.0519. The van der Waals surface area contributed by atoms with Crippen molar-refractivity contribution in [1.29, 1.82) is 0 Å². The molecule has 0 fully saturated rings. The molecule has 81 heavy (non-hydrogen) atoms. The van der Waals surface area contributed by atoms with Crippen LogP contribution in [0.3, 0.4) is 0 Å². The van der Waals surface area contributed by atoms with Crippen molar-refractivity contribution in [2.45, 2.75) is 59.3 Å². The van der Waals surface area contributed by atoms with Crippen LogP contribution in [0.25, 0.3) is 32.0 Å². The Balaban J connectivity index is 0.000000209. The van der Waals surface area contributed by atoms with Crippen molar-refractivity contribution in [3.8, 4) is 21.1 Å². The Morgan fingerprint density at radius 3 is 1.90 bits per heavy atom. The van der Waals surface area contributed by atoms with Gasteiger partial charge in [0.1, 0.15) is 21.2 Å². The van der Waals surface area contributed by atoms with E-state index in [0.717, 1.165) is 27.3 Å². The highest BCUT2D eigenvalue weighted by molar-refractivity contribution is 7.19. The number of aromatic nitrogens is 10. The number of ether oxygens (including phenoxy) is 3. The maximum atomic E-state index is 13.6. The number of esters is 1. The van der Waals surface area contributed by atoms with Crippen molar-refractivity contribution in [2.75, 3.05) is 28.0 Å². The lowest BCUT2D eigenvalue weighted by Gasteiger charge is -2.25. The van der Waals surface area contributed by atoms with Gasteiger partial charge in [0, 0.05) is 54.9 Å². The van der Waals surface area contributed by atoms with Gasteiger partial charge in [-0.15, -0.1) is 20.4 Å². The fourth-order valence-electron chi connectivity index (χ4n) is 7.83. The molecule has 0 aliphatic carbocycles. The van der Waals surface area contributed by atoms with Crippen molar-refractivity contribution in [2.24, 2.45) is 19.1 Å². The quantitative estimate of drug-likeness (QED) is 0.0653. The van der Waals surface area contributed by atoms with Gasteiger partial charge in [-0.1, -0.05) is 40.9 Å². The monoisotopic (exact) mass is 1130 g/mol. The smallest absolute Gasteiger partial charge is 0.435 e. The van der Waals surface area contributed by atoms with Crippen LogP contribution in [0.4, 0.5) is 42.6 Å². The number of rotatable bonds is 12. The van der Waals surface area contributed by atoms with Gasteiger partial charge in [-0.05, 0) is 107 Å². The summed E-state index contributed by atoms with van der Waals surface area (Å²) in [5.41, 5.74) is 4.62. The van der Waals surface area contributed by atoms with Crippen LogP contribution in [-0.2, 0) is 34.9 Å². The summed E-state index contributed by atoms with van der Waals surface area (Å²) < 4.78 is 20.2. The Morgan fingerprint density at radius 1 is 0.679 bits per heavy atom. The Bertz CT molecular complexity index is 3950. The van der Waals surface area contributed by atoms with Crippen LogP contribution in [0.15, 0.2) is 109 Å². The Hall–Kier alpha value is -10.0. The summed E-state index contributed by atoms with van der Waals surface area (Å²) in [6.45, 7) is 11.2. The summed E-state index contributed by atoms with van der Waals surface area (Å²) in [5.74, 6) is -2.74. The van der Waals surface area contributed by atoms with Crippen LogP contribution < -0.4 is 20.9 Å². The topological polar surface area (TPSA) is 307 Å². The molecule has 6 heterocycles. The number of amides is 3. The highest BCUT2D eigenvalue weighted by Gasteiger charge is 2.30. The summed E-state index contributed by atoms with van der Waals surface area (Å²) >= 11 is 2.39. The summed E-state index contributed by atoms with van der Waals surface area (Å²) in [5, 5.41) is 49.6. The molecule has 1 aliphatic rings. The number of aromatic carboxylic acids is 1. The number of hydrogen-bond donors (Lipinski definition) is 4. The molecule has 9 aromatic rings. The maximum Gasteiger partial charge on any atom is 0.435 e. The molecule has 0 saturated heterocycles. The molecule has 4 aromatic carbocycles. The molecule has 5 aromatic heterocycles. The predicted molar refractivity (Wildman–Crippen MR) is 302 cm³/mol. The number of aryl methyl sites for hydroxylation is 2. The Morgan fingerprint density at radius 2 is 1.30 bits per heavy atom. The highest BCUT2D eigenvalue weighted by Crippen LogP contribution is 2.38. The van der Waals surface area contributed by atoms with Crippen molar-refractivity contribution < 1.29 is 48.1 Å². The minimum Gasteiger partial charge on any atom is -0.478 e. The fraction of sp³-hybridized carbons (Fsp3) is 0.222. The van der Waals surface area contributed by atoms with Gasteiger partial charge < -0.3 is 35.3 Å². The lowest BCUT2D eigenvalue weighted by Crippen LogP contribution is -2.33. The number of fused-ring (bicyclic) bond motifs is 2. The maximum absolute atomic E-state index is 13.6. The second-order valence-electron chi connectivity index (χ2n) is 19.9. The molecule has 10 rings (SSSR count). The summed E-state index contributed by atoms with van der Waals surface area (Å²) in [7, 11) is 4.61. The number of carbonyl (C=O) groups excluding carboxylic acids is 5. The number of carbonyl (C=O) groups is 6. The first-order valence-electron chi connectivity index (χ1n) is 24.5. The molecular formula is C54H51N15O10S2. The SMILES string of the molecule is COC(=O)c1ccc(-c2nnc(N(C(=O)OC(C)(C)C)c3ccc4c(cnn4C(=O)OC(C)(C)C)c3)s2)cc1NC(=O)c1cnn(C)c1.Cn1cc(C(=O)Nc2cc(-c3nnc(Nc4ccc5c(c4)C=NC5)s3)ccc2C(=O)O)cn1. The van der Waals surface area contributed by atoms with Gasteiger partial charge in [-0.25, -0.2) is 24.1 Å². The number of benzene rings is 4. The number of nitrogens with one attached hydrogen (secondary N) is 3. The zero-order valence-electron chi connectivity index (χ0n) is 44.9. The van der Waals surface area contributed by atoms with Crippen LogP contribution >= 0.6 is 22.7 Å². The molecule has 414 valence electrons. The van der Waals surface area contributed by atoms with E-state index in [-0.39, 0.29) is 27.6 Å². The van der Waals surface area contributed by atoms with Crippen LogP contribution in [0.1, 0.15) is 94.1 Å². The number of anilines is 6. The molecule has 27 heteroatoms. The van der Waals surface area contributed by atoms with Gasteiger partial charge in [0.15, 0.2) is 0 Å². The number of nitrogens with zero attached hydrogens (tertiary/aromatic N) is 12. The van der Waals surface area contributed by atoms with Crippen molar-refractivity contribution in [1.82, 2.24) is 49.7 Å². The first-order chi connectivity index (χ1) is 38.5. The summed E-state index contributed by atoms with van der Waals surface area (Å²) in [6.07, 6.45) is 7.88. The average molecular weight is 1130 g/mol. The molecule has 0 spiro atoms. The zero-order chi connectivity index (χ0) is 57.9. The highest BCUT2D eigenvalue weighted by atomic mass is 32.1. The third-order valence-electron chi connectivity index (χ3n) is 11.5. The van der Waals surface area contributed by atoms with E-state index in [0.29, 0.717) is 60.5 Å². The molecular weight excluding hydrogens is 1080 g/mol. The molecule has 1 aliphatic heterocycles. The standard InChI is InChI=1S/C32H34N8O7S.C22H17N7O3S/c1-31(2,3)46-29(43)39(21-10-12-24-19(13-21)15-34-40(24)30(44)47-32(4,5)6)28-37-36-26(48-28)18-9-11-22(27(42)45-8)23(14-18)35-25(41)20-16-33-38(7)17-20;1-29-11-15(10-24-29)19(30)26-18-7-12(3-5-17(18)21(31)32)20-27-28-22(33-20)25-16-4-2-13-8-23-9-14(13)6-16/h9-17H,1-8H3,(H,35,41);2-7,9-11H,8H2,1H3,(H,25,28)(H,26,30)(H,31,32). The van der Waals surface area contributed by atoms with E-state index in [1.54, 1.807) is 110 Å². The van der Waals surface area contributed by atoms with Gasteiger partial charge in [0.2, 0.25) is 10.3 Å². The van der Waals surface area contributed by atoms with E-state index >= 15 is 0 Å². The molecule has 25 nitrogen and oxygen atoms in total. The number of aliphatic imine (C=N–C) groups is 1. The Labute approximate surface area is 469 Å².